The van der Waals surface area contributed by atoms with Crippen molar-refractivity contribution < 1.29 is 0 Å². The highest BCUT2D eigenvalue weighted by molar-refractivity contribution is 7.09. The number of hydrogen-bond donors (Lipinski definition) is 0. The topological polar surface area (TPSA) is 12.9 Å². The lowest BCUT2D eigenvalue weighted by Crippen LogP contribution is -1.75. The lowest BCUT2D eigenvalue weighted by molar-refractivity contribution is 1.06. The Balaban J connectivity index is 2.28. The summed E-state index contributed by atoms with van der Waals surface area (Å²) in [6, 6.07) is 0. The number of aromatic nitrogens is 1. The van der Waals surface area contributed by atoms with E-state index in [2.05, 4.69) is 10.4 Å². The molecule has 9 heavy (non-hydrogen) atoms. The first-order valence-electron chi connectivity index (χ1n) is 3.21. The Kier molecular flexibility index (Phi) is 1.09. The van der Waals surface area contributed by atoms with Gasteiger partial charge in [0.1, 0.15) is 0 Å². The molecular formula is C7H8NS. The summed E-state index contributed by atoms with van der Waals surface area (Å²) in [6.07, 6.45) is 2.70. The zero-order valence-electron chi connectivity index (χ0n) is 5.35. The molecule has 0 N–H and O–H groups in total. The van der Waals surface area contributed by atoms with Gasteiger partial charge in [0.2, 0.25) is 0 Å². The third-order valence-corrected chi connectivity index (χ3v) is 2.54. The summed E-state index contributed by atoms with van der Waals surface area (Å²) in [7, 11) is 0. The standard InChI is InChI=1S/C7H8NS/c1-5-4-9-7(8-5)6-2-3-6/h6H,2-3H2,1H3. The van der Waals surface area contributed by atoms with Crippen molar-refractivity contribution in [3.05, 3.63) is 16.1 Å². The molecule has 0 spiro atoms. The quantitative estimate of drug-likeness (QED) is 0.579. The molecule has 1 saturated carbocycles. The summed E-state index contributed by atoms with van der Waals surface area (Å²) in [4.78, 5) is 4.34. The molecule has 1 nitrogen and oxygen atoms in total. The van der Waals surface area contributed by atoms with Crippen molar-refractivity contribution in [3.63, 3.8) is 0 Å². The van der Waals surface area contributed by atoms with Gasteiger partial charge in [-0.1, -0.05) is 0 Å². The summed E-state index contributed by atoms with van der Waals surface area (Å²) in [5, 5.41) is 4.42. The van der Waals surface area contributed by atoms with Crippen molar-refractivity contribution in [2.45, 2.75) is 25.7 Å². The minimum Gasteiger partial charge on any atom is -0.246 e. The van der Waals surface area contributed by atoms with Crippen LogP contribution in [0.5, 0.6) is 0 Å². The van der Waals surface area contributed by atoms with Gasteiger partial charge in [0.25, 0.3) is 0 Å². The van der Waals surface area contributed by atoms with Crippen LogP contribution in [0.3, 0.4) is 0 Å². The van der Waals surface area contributed by atoms with Gasteiger partial charge < -0.3 is 0 Å². The predicted molar refractivity (Wildman–Crippen MR) is 37.7 cm³/mol. The molecule has 1 fully saturated rings. The van der Waals surface area contributed by atoms with Crippen molar-refractivity contribution in [3.8, 4) is 0 Å². The summed E-state index contributed by atoms with van der Waals surface area (Å²) >= 11 is 1.68. The monoisotopic (exact) mass is 138 g/mol. The Hall–Kier alpha value is -0.370. The van der Waals surface area contributed by atoms with Gasteiger partial charge in [-0.3, -0.25) is 0 Å². The minimum atomic E-state index is 0.806. The molecule has 2 heteroatoms. The first-order chi connectivity index (χ1) is 4.36. The molecule has 47 valence electrons. The molecule has 0 amide bonds. The number of aryl methyl sites for hydroxylation is 1. The second kappa shape index (κ2) is 1.81. The summed E-state index contributed by atoms with van der Waals surface area (Å²) in [5.41, 5.74) is 1.06. The molecule has 1 aromatic rings. The summed E-state index contributed by atoms with van der Waals surface area (Å²) < 4.78 is 0. The molecule has 1 aromatic heterocycles. The second-order valence-electron chi connectivity index (χ2n) is 2.51. The Morgan fingerprint density at radius 2 is 2.44 bits per heavy atom. The molecule has 2 rings (SSSR count). The highest BCUT2D eigenvalue weighted by atomic mass is 32.1. The molecule has 0 saturated heterocycles. The van der Waals surface area contributed by atoms with E-state index in [1.807, 2.05) is 6.92 Å². The fourth-order valence-corrected chi connectivity index (χ4v) is 1.72. The number of rotatable bonds is 1. The summed E-state index contributed by atoms with van der Waals surface area (Å²) in [5.74, 6) is 0.806. The highest BCUT2D eigenvalue weighted by Gasteiger charge is 2.26. The van der Waals surface area contributed by atoms with Crippen molar-refractivity contribution in [1.82, 2.24) is 4.98 Å². The van der Waals surface area contributed by atoms with Gasteiger partial charge in [0, 0.05) is 5.92 Å². The fourth-order valence-electron chi connectivity index (χ4n) is 0.842. The molecule has 0 unspecified atom stereocenters. The van der Waals surface area contributed by atoms with E-state index in [-0.39, 0.29) is 0 Å². The minimum absolute atomic E-state index is 0.806. The maximum absolute atomic E-state index is 4.34. The first kappa shape index (κ1) is 5.42. The van der Waals surface area contributed by atoms with Crippen molar-refractivity contribution in [2.75, 3.05) is 0 Å². The smallest absolute Gasteiger partial charge is 0.0965 e. The van der Waals surface area contributed by atoms with Crippen LogP contribution < -0.4 is 0 Å². The van der Waals surface area contributed by atoms with E-state index in [0.29, 0.717) is 0 Å². The van der Waals surface area contributed by atoms with Crippen LogP contribution in [0, 0.1) is 12.3 Å². The van der Waals surface area contributed by atoms with Gasteiger partial charge in [0.15, 0.2) is 0 Å². The van der Waals surface area contributed by atoms with Crippen molar-refractivity contribution in [2.24, 2.45) is 0 Å². The van der Waals surface area contributed by atoms with Crippen LogP contribution in [0.1, 0.15) is 29.5 Å². The Bertz CT molecular complexity index is 212. The van der Waals surface area contributed by atoms with Crippen molar-refractivity contribution >= 4 is 11.3 Å². The van der Waals surface area contributed by atoms with Crippen molar-refractivity contribution in [1.29, 1.82) is 0 Å². The Morgan fingerprint density at radius 3 is 2.89 bits per heavy atom. The second-order valence-corrected chi connectivity index (χ2v) is 3.34. The lowest BCUT2D eigenvalue weighted by Gasteiger charge is -1.82. The molecule has 0 bridgehead atoms. The number of hydrogen-bond acceptors (Lipinski definition) is 2. The average Bonchev–Trinajstić information content (AvgIpc) is 2.58. The van der Waals surface area contributed by atoms with Crippen LogP contribution in [-0.2, 0) is 0 Å². The van der Waals surface area contributed by atoms with Crippen LogP contribution in [-0.4, -0.2) is 4.98 Å². The van der Waals surface area contributed by atoms with Crippen LogP contribution in [0.2, 0.25) is 0 Å². The van der Waals surface area contributed by atoms with Crippen LogP contribution >= 0.6 is 11.3 Å². The van der Waals surface area contributed by atoms with E-state index >= 15 is 0 Å². The van der Waals surface area contributed by atoms with E-state index in [1.54, 1.807) is 11.3 Å². The maximum atomic E-state index is 4.34. The number of nitrogens with zero attached hydrogens (tertiary/aromatic N) is 1. The van der Waals surface area contributed by atoms with Crippen LogP contribution in [0.15, 0.2) is 0 Å². The Labute approximate surface area is 58.7 Å². The fraction of sp³-hybridized carbons (Fsp3) is 0.571. The lowest BCUT2D eigenvalue weighted by atomic mass is 10.4. The van der Waals surface area contributed by atoms with E-state index in [0.717, 1.165) is 11.6 Å². The zero-order chi connectivity index (χ0) is 6.27. The predicted octanol–water partition coefficient (Wildman–Crippen LogP) is 2.13. The summed E-state index contributed by atoms with van der Waals surface area (Å²) in [6.45, 7) is 2.00. The normalized spacial score (nSPS) is 18.3. The van der Waals surface area contributed by atoms with Crippen LogP contribution in [0.4, 0.5) is 0 Å². The van der Waals surface area contributed by atoms with Crippen LogP contribution in [0.25, 0.3) is 0 Å². The van der Waals surface area contributed by atoms with Gasteiger partial charge in [-0.25, -0.2) is 4.98 Å². The average molecular weight is 138 g/mol. The van der Waals surface area contributed by atoms with Gasteiger partial charge in [-0.15, -0.1) is 11.3 Å². The zero-order valence-corrected chi connectivity index (χ0v) is 6.16. The van der Waals surface area contributed by atoms with E-state index in [1.165, 1.54) is 17.8 Å². The highest BCUT2D eigenvalue weighted by Crippen LogP contribution is 2.41. The maximum Gasteiger partial charge on any atom is 0.0965 e. The van der Waals surface area contributed by atoms with E-state index in [4.69, 9.17) is 0 Å². The molecule has 0 aromatic carbocycles. The molecule has 1 aliphatic rings. The molecule has 0 aliphatic heterocycles. The first-order valence-corrected chi connectivity index (χ1v) is 4.03. The van der Waals surface area contributed by atoms with E-state index < -0.39 is 0 Å². The van der Waals surface area contributed by atoms with E-state index in [9.17, 15) is 0 Å². The van der Waals surface area contributed by atoms with Gasteiger partial charge >= 0.3 is 0 Å². The SMILES string of the molecule is Cc1[c]sc(C2CC2)n1. The largest absolute Gasteiger partial charge is 0.246 e. The third-order valence-electron chi connectivity index (χ3n) is 1.51. The molecule has 1 heterocycles. The molecular weight excluding hydrogens is 130 g/mol. The molecule has 1 aliphatic carbocycles. The third kappa shape index (κ3) is 0.990. The number of thiazole rings is 1. The van der Waals surface area contributed by atoms with Gasteiger partial charge in [-0.05, 0) is 19.8 Å². The molecule has 0 atom stereocenters. The van der Waals surface area contributed by atoms with Gasteiger partial charge in [-0.2, -0.15) is 0 Å². The molecule has 1 radical (unpaired) electrons. The van der Waals surface area contributed by atoms with Gasteiger partial charge in [0.05, 0.1) is 16.1 Å². The Morgan fingerprint density at radius 1 is 1.67 bits per heavy atom.